The third-order valence-electron chi connectivity index (χ3n) is 2.99. The van der Waals surface area contributed by atoms with E-state index in [1.165, 1.54) is 0 Å². The Kier molecular flexibility index (Phi) is 6.33. The molecule has 0 aliphatic carbocycles. The quantitative estimate of drug-likeness (QED) is 0.792. The number of hydrogen-bond donors (Lipinski definition) is 1. The average molecular weight is 276 g/mol. The van der Waals surface area contributed by atoms with Crippen LogP contribution in [0.25, 0.3) is 0 Å². The number of para-hydroxylation sites is 2. The van der Waals surface area contributed by atoms with Crippen molar-refractivity contribution in [2.45, 2.75) is 45.8 Å². The monoisotopic (exact) mass is 276 g/mol. The lowest BCUT2D eigenvalue weighted by atomic mass is 9.96. The minimum absolute atomic E-state index is 0.0830. The van der Waals surface area contributed by atoms with E-state index in [0.29, 0.717) is 13.0 Å². The van der Waals surface area contributed by atoms with Crippen LogP contribution < -0.4 is 14.8 Å². The summed E-state index contributed by atoms with van der Waals surface area (Å²) in [6.07, 6.45) is 0.526. The maximum absolute atomic E-state index is 9.28. The van der Waals surface area contributed by atoms with E-state index in [0.717, 1.165) is 18.0 Å². The first-order valence-corrected chi connectivity index (χ1v) is 7.09. The van der Waals surface area contributed by atoms with E-state index in [1.54, 1.807) is 0 Å². The van der Waals surface area contributed by atoms with Crippen LogP contribution in [-0.2, 0) is 0 Å². The molecular formula is C16H24N2O2. The first-order chi connectivity index (χ1) is 9.54. The first kappa shape index (κ1) is 16.3. The van der Waals surface area contributed by atoms with Gasteiger partial charge in [-0.25, -0.2) is 0 Å². The Hall–Kier alpha value is -1.73. The summed E-state index contributed by atoms with van der Waals surface area (Å²) in [5.41, 5.74) is -0.575. The fourth-order valence-corrected chi connectivity index (χ4v) is 2.20. The number of rotatable bonds is 8. The molecule has 1 rings (SSSR count). The zero-order chi connectivity index (χ0) is 15.0. The molecule has 2 atom stereocenters. The zero-order valence-corrected chi connectivity index (χ0v) is 12.8. The Morgan fingerprint density at radius 3 is 2.50 bits per heavy atom. The minimum Gasteiger partial charge on any atom is -0.490 e. The molecule has 0 radical (unpaired) electrons. The molecule has 0 aromatic heterocycles. The van der Waals surface area contributed by atoms with Gasteiger partial charge < -0.3 is 9.47 Å². The summed E-state index contributed by atoms with van der Waals surface area (Å²) in [6, 6.07) is 9.92. The number of hydrogen-bond acceptors (Lipinski definition) is 4. The van der Waals surface area contributed by atoms with Gasteiger partial charge in [-0.2, -0.15) is 5.26 Å². The Balaban J connectivity index is 2.71. The molecule has 2 unspecified atom stereocenters. The number of nitrogens with one attached hydrogen (secondary N) is 1. The van der Waals surface area contributed by atoms with E-state index in [2.05, 4.69) is 11.4 Å². The lowest BCUT2D eigenvalue weighted by Gasteiger charge is -2.27. The Morgan fingerprint density at radius 2 is 1.95 bits per heavy atom. The van der Waals surface area contributed by atoms with Gasteiger partial charge in [0.05, 0.1) is 18.8 Å². The van der Waals surface area contributed by atoms with Gasteiger partial charge in [0.1, 0.15) is 5.54 Å². The SMILES string of the molecule is CCNC(C)(C#N)CC(C)Oc1ccccc1OCC. The second kappa shape index (κ2) is 7.76. The number of benzene rings is 1. The van der Waals surface area contributed by atoms with Gasteiger partial charge in [0.2, 0.25) is 0 Å². The standard InChI is InChI=1S/C16H24N2O2/c1-5-18-16(4,12-17)11-13(3)20-15-10-8-7-9-14(15)19-6-2/h7-10,13,18H,5-6,11H2,1-4H3. The average Bonchev–Trinajstić information content (AvgIpc) is 2.41. The van der Waals surface area contributed by atoms with E-state index in [9.17, 15) is 5.26 Å². The van der Waals surface area contributed by atoms with Crippen LogP contribution in [-0.4, -0.2) is 24.8 Å². The van der Waals surface area contributed by atoms with Crippen molar-refractivity contribution in [2.24, 2.45) is 0 Å². The molecule has 4 nitrogen and oxygen atoms in total. The molecule has 0 aliphatic rings. The predicted octanol–water partition coefficient (Wildman–Crippen LogP) is 3.13. The molecule has 0 saturated carbocycles. The van der Waals surface area contributed by atoms with Crippen molar-refractivity contribution in [3.05, 3.63) is 24.3 Å². The minimum atomic E-state index is -0.575. The lowest BCUT2D eigenvalue weighted by Crippen LogP contribution is -2.44. The maximum Gasteiger partial charge on any atom is 0.161 e. The normalized spacial score (nSPS) is 14.9. The maximum atomic E-state index is 9.28. The van der Waals surface area contributed by atoms with Crippen molar-refractivity contribution < 1.29 is 9.47 Å². The lowest BCUT2D eigenvalue weighted by molar-refractivity contribution is 0.171. The van der Waals surface area contributed by atoms with E-state index in [4.69, 9.17) is 9.47 Å². The van der Waals surface area contributed by atoms with Crippen LogP contribution in [0.15, 0.2) is 24.3 Å². The zero-order valence-electron chi connectivity index (χ0n) is 12.8. The van der Waals surface area contributed by atoms with Crippen LogP contribution in [0.1, 0.15) is 34.1 Å². The number of ether oxygens (including phenoxy) is 2. The fourth-order valence-electron chi connectivity index (χ4n) is 2.20. The summed E-state index contributed by atoms with van der Waals surface area (Å²) in [6.45, 7) is 9.15. The summed E-state index contributed by atoms with van der Waals surface area (Å²) in [5, 5.41) is 12.5. The topological polar surface area (TPSA) is 54.3 Å². The highest BCUT2D eigenvalue weighted by molar-refractivity contribution is 5.39. The smallest absolute Gasteiger partial charge is 0.161 e. The highest BCUT2D eigenvalue weighted by atomic mass is 16.5. The van der Waals surface area contributed by atoms with Gasteiger partial charge in [-0.15, -0.1) is 0 Å². The molecule has 1 N–H and O–H groups in total. The van der Waals surface area contributed by atoms with Crippen LogP contribution >= 0.6 is 0 Å². The third kappa shape index (κ3) is 4.75. The Morgan fingerprint density at radius 1 is 1.30 bits per heavy atom. The molecular weight excluding hydrogens is 252 g/mol. The molecule has 0 saturated heterocycles. The van der Waals surface area contributed by atoms with Crippen LogP contribution in [0.3, 0.4) is 0 Å². The van der Waals surface area contributed by atoms with Crippen LogP contribution in [0.5, 0.6) is 11.5 Å². The predicted molar refractivity (Wildman–Crippen MR) is 80.0 cm³/mol. The number of nitrogens with zero attached hydrogens (tertiary/aromatic N) is 1. The van der Waals surface area contributed by atoms with Crippen molar-refractivity contribution >= 4 is 0 Å². The summed E-state index contributed by atoms with van der Waals surface area (Å²) in [7, 11) is 0. The van der Waals surface area contributed by atoms with E-state index >= 15 is 0 Å². The fraction of sp³-hybridized carbons (Fsp3) is 0.562. The van der Waals surface area contributed by atoms with E-state index < -0.39 is 5.54 Å². The highest BCUT2D eigenvalue weighted by Crippen LogP contribution is 2.28. The molecule has 4 heteroatoms. The third-order valence-corrected chi connectivity index (χ3v) is 2.99. The highest BCUT2D eigenvalue weighted by Gasteiger charge is 2.26. The molecule has 1 aromatic carbocycles. The largest absolute Gasteiger partial charge is 0.490 e. The van der Waals surface area contributed by atoms with Crippen molar-refractivity contribution in [3.63, 3.8) is 0 Å². The van der Waals surface area contributed by atoms with Gasteiger partial charge in [0, 0.05) is 6.42 Å². The Bertz CT molecular complexity index is 456. The summed E-state index contributed by atoms with van der Waals surface area (Å²) >= 11 is 0. The van der Waals surface area contributed by atoms with Gasteiger partial charge in [0.25, 0.3) is 0 Å². The van der Waals surface area contributed by atoms with Gasteiger partial charge in [-0.05, 0) is 39.4 Å². The van der Waals surface area contributed by atoms with Crippen molar-refractivity contribution in [1.29, 1.82) is 5.26 Å². The molecule has 110 valence electrons. The van der Waals surface area contributed by atoms with Crippen LogP contribution in [0.4, 0.5) is 0 Å². The molecule has 0 fully saturated rings. The van der Waals surface area contributed by atoms with E-state index in [1.807, 2.05) is 52.0 Å². The molecule has 20 heavy (non-hydrogen) atoms. The summed E-state index contributed by atoms with van der Waals surface area (Å²) in [4.78, 5) is 0. The van der Waals surface area contributed by atoms with Crippen molar-refractivity contribution in [3.8, 4) is 17.6 Å². The van der Waals surface area contributed by atoms with Crippen LogP contribution in [0, 0.1) is 11.3 Å². The first-order valence-electron chi connectivity index (χ1n) is 7.09. The van der Waals surface area contributed by atoms with Crippen molar-refractivity contribution in [1.82, 2.24) is 5.32 Å². The summed E-state index contributed by atoms with van der Waals surface area (Å²) < 4.78 is 11.5. The molecule has 0 aliphatic heterocycles. The van der Waals surface area contributed by atoms with Gasteiger partial charge in [0.15, 0.2) is 11.5 Å². The second-order valence-electron chi connectivity index (χ2n) is 4.99. The number of nitriles is 1. The Labute approximate surface area is 121 Å². The van der Waals surface area contributed by atoms with Crippen molar-refractivity contribution in [2.75, 3.05) is 13.2 Å². The van der Waals surface area contributed by atoms with Gasteiger partial charge >= 0.3 is 0 Å². The van der Waals surface area contributed by atoms with Crippen LogP contribution in [0.2, 0.25) is 0 Å². The molecule has 0 heterocycles. The summed E-state index contributed by atoms with van der Waals surface area (Å²) in [5.74, 6) is 1.46. The second-order valence-corrected chi connectivity index (χ2v) is 4.99. The molecule has 1 aromatic rings. The molecule has 0 amide bonds. The molecule has 0 bridgehead atoms. The molecule has 0 spiro atoms. The van der Waals surface area contributed by atoms with Gasteiger partial charge in [-0.1, -0.05) is 19.1 Å². The van der Waals surface area contributed by atoms with Gasteiger partial charge in [-0.3, -0.25) is 5.32 Å². The van der Waals surface area contributed by atoms with E-state index in [-0.39, 0.29) is 6.10 Å².